The van der Waals surface area contributed by atoms with Gasteiger partial charge in [0.15, 0.2) is 5.65 Å². The molecule has 6 nitrogen and oxygen atoms in total. The topological polar surface area (TPSA) is 68.1 Å². The van der Waals surface area contributed by atoms with E-state index < -0.39 is 11.8 Å². The fraction of sp³-hybridized carbons (Fsp3) is 0.0909. The average molecular weight is 403 g/mol. The van der Waals surface area contributed by atoms with E-state index in [0.717, 1.165) is 10.5 Å². The zero-order valence-electron chi connectivity index (χ0n) is 15.5. The number of halogens is 1. The van der Waals surface area contributed by atoms with E-state index in [1.807, 2.05) is 37.3 Å². The molecule has 2 amide bonds. The maximum absolute atomic E-state index is 13.3. The summed E-state index contributed by atoms with van der Waals surface area (Å²) in [6.07, 6.45) is 1.46. The molecule has 7 heteroatoms. The molecule has 1 aliphatic rings. The summed E-state index contributed by atoms with van der Waals surface area (Å²) in [5, 5.41) is 5.52. The zero-order chi connectivity index (χ0) is 20.1. The molecular weight excluding hydrogens is 388 g/mol. The second-order valence-electron chi connectivity index (χ2n) is 6.87. The Morgan fingerprint density at radius 1 is 0.966 bits per heavy atom. The number of anilines is 1. The van der Waals surface area contributed by atoms with Crippen molar-refractivity contribution in [3.8, 4) is 0 Å². The van der Waals surface area contributed by atoms with Crippen LogP contribution in [0, 0.1) is 6.92 Å². The lowest BCUT2D eigenvalue weighted by molar-refractivity contribution is 0.0926. The fourth-order valence-corrected chi connectivity index (χ4v) is 3.97. The monoisotopic (exact) mass is 402 g/mol. The second-order valence-corrected chi connectivity index (χ2v) is 7.28. The van der Waals surface area contributed by atoms with Crippen LogP contribution in [0.4, 0.5) is 5.69 Å². The minimum atomic E-state index is -0.428. The number of fused-ring (bicyclic) bond motifs is 3. The fourth-order valence-electron chi connectivity index (χ4n) is 3.75. The van der Waals surface area contributed by atoms with Gasteiger partial charge in [0.05, 0.1) is 39.5 Å². The molecule has 0 saturated carbocycles. The summed E-state index contributed by atoms with van der Waals surface area (Å²) in [7, 11) is 0. The van der Waals surface area contributed by atoms with E-state index in [4.69, 9.17) is 11.6 Å². The lowest BCUT2D eigenvalue weighted by Crippen LogP contribution is -2.29. The number of carbonyl (C=O) groups excluding carboxylic acids is 2. The van der Waals surface area contributed by atoms with Crippen LogP contribution >= 0.6 is 11.6 Å². The Balaban J connectivity index is 1.66. The first-order valence-electron chi connectivity index (χ1n) is 9.09. The molecule has 1 aliphatic heterocycles. The Hall–Kier alpha value is -3.51. The van der Waals surface area contributed by atoms with Crippen LogP contribution in [0.2, 0.25) is 5.02 Å². The number of rotatable bonds is 3. The van der Waals surface area contributed by atoms with Crippen LogP contribution in [0.5, 0.6) is 0 Å². The number of hydrogen-bond acceptors (Lipinski definition) is 4. The number of imide groups is 1. The van der Waals surface area contributed by atoms with Crippen LogP contribution in [0.3, 0.4) is 0 Å². The number of nitrogens with zero attached hydrogens (tertiary/aromatic N) is 4. The van der Waals surface area contributed by atoms with Crippen LogP contribution in [0.1, 0.15) is 32.0 Å². The number of carbonyl (C=O) groups is 2. The van der Waals surface area contributed by atoms with Gasteiger partial charge >= 0.3 is 0 Å². The third-order valence-electron chi connectivity index (χ3n) is 5.05. The Morgan fingerprint density at radius 3 is 2.45 bits per heavy atom. The van der Waals surface area contributed by atoms with E-state index in [2.05, 4.69) is 10.1 Å². The second kappa shape index (κ2) is 6.53. The maximum Gasteiger partial charge on any atom is 0.267 e. The molecule has 0 radical (unpaired) electrons. The summed E-state index contributed by atoms with van der Waals surface area (Å²) in [6.45, 7) is 2.34. The number of pyridine rings is 1. The van der Waals surface area contributed by atoms with Crippen molar-refractivity contribution in [3.05, 3.63) is 88.2 Å². The molecule has 142 valence electrons. The molecule has 4 aromatic rings. The number of benzene rings is 2. The predicted molar refractivity (Wildman–Crippen MR) is 110 cm³/mol. The molecule has 3 heterocycles. The van der Waals surface area contributed by atoms with Crippen LogP contribution < -0.4 is 4.90 Å². The largest absolute Gasteiger partial charge is 0.268 e. The Morgan fingerprint density at radius 2 is 1.69 bits per heavy atom. The summed E-state index contributed by atoms with van der Waals surface area (Å²) < 4.78 is 1.76. The molecule has 0 unspecified atom stereocenters. The van der Waals surface area contributed by atoms with Gasteiger partial charge < -0.3 is 0 Å². The van der Waals surface area contributed by atoms with Gasteiger partial charge in [-0.2, -0.15) is 5.10 Å². The highest BCUT2D eigenvalue weighted by Crippen LogP contribution is 2.36. The molecule has 0 aliphatic carbocycles. The van der Waals surface area contributed by atoms with Crippen molar-refractivity contribution in [3.63, 3.8) is 0 Å². The molecule has 0 N–H and O–H groups in total. The van der Waals surface area contributed by atoms with E-state index in [9.17, 15) is 9.59 Å². The van der Waals surface area contributed by atoms with Crippen molar-refractivity contribution >= 4 is 40.1 Å². The Labute approximate surface area is 171 Å². The van der Waals surface area contributed by atoms with Crippen LogP contribution in [0.25, 0.3) is 11.0 Å². The van der Waals surface area contributed by atoms with Gasteiger partial charge in [0.25, 0.3) is 11.8 Å². The van der Waals surface area contributed by atoms with Crippen molar-refractivity contribution in [1.29, 1.82) is 0 Å². The standard InChI is InChI=1S/C22H15ClN4O2/c1-13-18-19-15(21(28)27(22(19)29)17-10-6-5-9-16(17)23)11-24-20(18)26(25-13)12-14-7-3-2-4-8-14/h2-11H,12H2,1H3. The van der Waals surface area contributed by atoms with Gasteiger partial charge in [-0.1, -0.05) is 54.1 Å². The Kier molecular flexibility index (Phi) is 3.96. The van der Waals surface area contributed by atoms with E-state index in [0.29, 0.717) is 39.5 Å². The lowest BCUT2D eigenvalue weighted by atomic mass is 10.1. The first kappa shape index (κ1) is 17.6. The minimum Gasteiger partial charge on any atom is -0.268 e. The normalized spacial score (nSPS) is 13.4. The van der Waals surface area contributed by atoms with Gasteiger partial charge in [0, 0.05) is 6.20 Å². The van der Waals surface area contributed by atoms with Gasteiger partial charge in [-0.3, -0.25) is 9.59 Å². The van der Waals surface area contributed by atoms with E-state index in [1.165, 1.54) is 6.20 Å². The molecule has 0 saturated heterocycles. The minimum absolute atomic E-state index is 0.268. The molecule has 0 spiro atoms. The lowest BCUT2D eigenvalue weighted by Gasteiger charge is -2.15. The van der Waals surface area contributed by atoms with E-state index >= 15 is 0 Å². The molecule has 29 heavy (non-hydrogen) atoms. The van der Waals surface area contributed by atoms with Crippen molar-refractivity contribution in [2.75, 3.05) is 4.90 Å². The molecule has 5 rings (SSSR count). The third-order valence-corrected chi connectivity index (χ3v) is 5.37. The Bertz CT molecular complexity index is 1300. The molecule has 0 atom stereocenters. The first-order valence-corrected chi connectivity index (χ1v) is 9.47. The van der Waals surface area contributed by atoms with E-state index in [-0.39, 0.29) is 5.56 Å². The summed E-state index contributed by atoms with van der Waals surface area (Å²) >= 11 is 6.24. The zero-order valence-corrected chi connectivity index (χ0v) is 16.2. The number of amides is 2. The molecule has 0 fully saturated rings. The van der Waals surface area contributed by atoms with Gasteiger partial charge in [-0.05, 0) is 24.6 Å². The van der Waals surface area contributed by atoms with E-state index in [1.54, 1.807) is 28.9 Å². The van der Waals surface area contributed by atoms with Gasteiger partial charge in [0.2, 0.25) is 0 Å². The van der Waals surface area contributed by atoms with Gasteiger partial charge in [-0.15, -0.1) is 0 Å². The average Bonchev–Trinajstić information content (AvgIpc) is 3.17. The predicted octanol–water partition coefficient (Wildman–Crippen LogP) is 4.24. The van der Waals surface area contributed by atoms with Crippen molar-refractivity contribution in [2.45, 2.75) is 13.5 Å². The number of aryl methyl sites for hydroxylation is 1. The van der Waals surface area contributed by atoms with Crippen LogP contribution in [-0.2, 0) is 6.54 Å². The highest BCUT2D eigenvalue weighted by Gasteiger charge is 2.40. The summed E-state index contributed by atoms with van der Waals surface area (Å²) in [4.78, 5) is 31.9. The summed E-state index contributed by atoms with van der Waals surface area (Å²) in [5.74, 6) is -0.837. The molecule has 2 aromatic heterocycles. The quantitative estimate of drug-likeness (QED) is 0.480. The number of para-hydroxylation sites is 1. The van der Waals surface area contributed by atoms with Gasteiger partial charge in [0.1, 0.15) is 0 Å². The first-order chi connectivity index (χ1) is 14.1. The SMILES string of the molecule is Cc1nn(Cc2ccccc2)c2ncc3c(c12)C(=O)N(c1ccccc1Cl)C3=O. The smallest absolute Gasteiger partial charge is 0.267 e. The molecule has 0 bridgehead atoms. The number of aromatic nitrogens is 3. The highest BCUT2D eigenvalue weighted by molar-refractivity contribution is 6.41. The summed E-state index contributed by atoms with van der Waals surface area (Å²) in [5.41, 5.74) is 3.26. The van der Waals surface area contributed by atoms with Crippen LogP contribution in [0.15, 0.2) is 60.8 Å². The summed E-state index contributed by atoms with van der Waals surface area (Å²) in [6, 6.07) is 16.7. The van der Waals surface area contributed by atoms with Crippen LogP contribution in [-0.4, -0.2) is 26.6 Å². The molecule has 2 aromatic carbocycles. The molecular formula is C22H15ClN4O2. The highest BCUT2D eigenvalue weighted by atomic mass is 35.5. The third kappa shape index (κ3) is 2.64. The van der Waals surface area contributed by atoms with Crippen molar-refractivity contribution in [2.24, 2.45) is 0 Å². The van der Waals surface area contributed by atoms with Crippen molar-refractivity contribution < 1.29 is 9.59 Å². The van der Waals surface area contributed by atoms with Crippen molar-refractivity contribution in [1.82, 2.24) is 14.8 Å². The van der Waals surface area contributed by atoms with Gasteiger partial charge in [-0.25, -0.2) is 14.6 Å². The maximum atomic E-state index is 13.3. The number of hydrogen-bond donors (Lipinski definition) is 0.